The standard InChI is InChI=1S/C22H18F2N2O5S/c1-26(14-6-8-17(23)18(24)12-14)22(27)16-4-2-3-5-19(16)25-32(28,29)15-7-9-20-21(13-15)31-11-10-30-20/h2-9,12-13,25H,10-11H2,1H3. The molecule has 1 aliphatic heterocycles. The van der Waals surface area contributed by atoms with Gasteiger partial charge >= 0.3 is 0 Å². The SMILES string of the molecule is CN(C(=O)c1ccccc1NS(=O)(=O)c1ccc2c(c1)OCCO2)c1ccc(F)c(F)c1. The van der Waals surface area contributed by atoms with Gasteiger partial charge in [-0.3, -0.25) is 9.52 Å². The maximum atomic E-state index is 13.6. The second kappa shape index (κ2) is 8.46. The van der Waals surface area contributed by atoms with Crippen LogP contribution in [-0.4, -0.2) is 34.6 Å². The predicted octanol–water partition coefficient (Wildman–Crippen LogP) is 3.81. The van der Waals surface area contributed by atoms with Gasteiger partial charge in [0.2, 0.25) is 0 Å². The van der Waals surface area contributed by atoms with Crippen molar-refractivity contribution in [1.29, 1.82) is 0 Å². The zero-order chi connectivity index (χ0) is 22.9. The van der Waals surface area contributed by atoms with Crippen LogP contribution in [0.2, 0.25) is 0 Å². The average Bonchev–Trinajstić information content (AvgIpc) is 2.79. The van der Waals surface area contributed by atoms with Crippen molar-refractivity contribution in [3.8, 4) is 11.5 Å². The van der Waals surface area contributed by atoms with E-state index in [-0.39, 0.29) is 21.8 Å². The van der Waals surface area contributed by atoms with Gasteiger partial charge in [0.05, 0.1) is 16.1 Å². The summed E-state index contributed by atoms with van der Waals surface area (Å²) in [6.07, 6.45) is 0. The lowest BCUT2D eigenvalue weighted by Crippen LogP contribution is -2.28. The number of benzene rings is 3. The van der Waals surface area contributed by atoms with Crippen LogP contribution >= 0.6 is 0 Å². The molecule has 0 fully saturated rings. The van der Waals surface area contributed by atoms with E-state index in [1.165, 1.54) is 43.4 Å². The minimum atomic E-state index is -4.07. The molecule has 0 bridgehead atoms. The molecule has 0 saturated carbocycles. The second-order valence-electron chi connectivity index (χ2n) is 6.92. The first-order valence-corrected chi connectivity index (χ1v) is 11.0. The number of hydrogen-bond acceptors (Lipinski definition) is 5. The van der Waals surface area contributed by atoms with E-state index in [9.17, 15) is 22.0 Å². The van der Waals surface area contributed by atoms with Crippen molar-refractivity contribution < 1.29 is 31.5 Å². The molecular weight excluding hydrogens is 442 g/mol. The maximum Gasteiger partial charge on any atom is 0.262 e. The summed E-state index contributed by atoms with van der Waals surface area (Å²) in [5.74, 6) is -2.01. The number of carbonyl (C=O) groups excluding carboxylic acids is 1. The molecule has 7 nitrogen and oxygen atoms in total. The number of anilines is 2. The number of para-hydroxylation sites is 1. The van der Waals surface area contributed by atoms with Gasteiger partial charge in [-0.1, -0.05) is 12.1 Å². The number of halogens is 2. The van der Waals surface area contributed by atoms with Gasteiger partial charge in [0.25, 0.3) is 15.9 Å². The lowest BCUT2D eigenvalue weighted by molar-refractivity contribution is 0.0994. The van der Waals surface area contributed by atoms with E-state index in [0.717, 1.165) is 17.0 Å². The molecule has 0 atom stereocenters. The summed E-state index contributed by atoms with van der Waals surface area (Å²) >= 11 is 0. The van der Waals surface area contributed by atoms with Gasteiger partial charge in [0, 0.05) is 24.9 Å². The molecule has 0 aliphatic carbocycles. The smallest absolute Gasteiger partial charge is 0.262 e. The van der Waals surface area contributed by atoms with E-state index in [1.54, 1.807) is 12.1 Å². The lowest BCUT2D eigenvalue weighted by Gasteiger charge is -2.21. The first-order valence-electron chi connectivity index (χ1n) is 9.51. The highest BCUT2D eigenvalue weighted by molar-refractivity contribution is 7.92. The third-order valence-corrected chi connectivity index (χ3v) is 6.18. The van der Waals surface area contributed by atoms with Crippen LogP contribution in [0.15, 0.2) is 65.6 Å². The zero-order valence-corrected chi connectivity index (χ0v) is 17.7. The molecule has 3 aromatic rings. The lowest BCUT2D eigenvalue weighted by atomic mass is 10.1. The molecule has 3 aromatic carbocycles. The third kappa shape index (κ3) is 4.22. The van der Waals surface area contributed by atoms with Crippen LogP contribution < -0.4 is 19.1 Å². The Labute approximate surface area is 183 Å². The molecule has 1 aliphatic rings. The first-order chi connectivity index (χ1) is 15.3. The highest BCUT2D eigenvalue weighted by atomic mass is 32.2. The molecule has 1 amide bonds. The van der Waals surface area contributed by atoms with Gasteiger partial charge in [-0.25, -0.2) is 17.2 Å². The number of carbonyl (C=O) groups is 1. The van der Waals surface area contributed by atoms with Gasteiger partial charge < -0.3 is 14.4 Å². The van der Waals surface area contributed by atoms with Gasteiger partial charge in [-0.15, -0.1) is 0 Å². The van der Waals surface area contributed by atoms with Crippen molar-refractivity contribution in [3.05, 3.63) is 77.9 Å². The van der Waals surface area contributed by atoms with Crippen LogP contribution in [0.5, 0.6) is 11.5 Å². The van der Waals surface area contributed by atoms with Crippen LogP contribution in [0.3, 0.4) is 0 Å². The number of nitrogens with one attached hydrogen (secondary N) is 1. The largest absolute Gasteiger partial charge is 0.486 e. The summed E-state index contributed by atoms with van der Waals surface area (Å²) in [4.78, 5) is 14.0. The van der Waals surface area contributed by atoms with Crippen LogP contribution in [0.25, 0.3) is 0 Å². The fourth-order valence-corrected chi connectivity index (χ4v) is 4.24. The molecule has 0 unspecified atom stereocenters. The Morgan fingerprint density at radius 3 is 2.41 bits per heavy atom. The topological polar surface area (TPSA) is 84.9 Å². The number of ether oxygens (including phenoxy) is 2. The van der Waals surface area contributed by atoms with Gasteiger partial charge in [0.1, 0.15) is 13.2 Å². The Balaban J connectivity index is 1.63. The monoisotopic (exact) mass is 460 g/mol. The minimum Gasteiger partial charge on any atom is -0.486 e. The van der Waals surface area contributed by atoms with Crippen molar-refractivity contribution in [3.63, 3.8) is 0 Å². The molecule has 1 heterocycles. The minimum absolute atomic E-state index is 0.0286. The van der Waals surface area contributed by atoms with Crippen LogP contribution in [0.1, 0.15) is 10.4 Å². The Morgan fingerprint density at radius 1 is 0.938 bits per heavy atom. The normalized spacial score (nSPS) is 12.8. The summed E-state index contributed by atoms with van der Waals surface area (Å²) in [5, 5.41) is 0. The molecule has 1 N–H and O–H groups in total. The van der Waals surface area contributed by atoms with Crippen LogP contribution in [-0.2, 0) is 10.0 Å². The first kappa shape index (κ1) is 21.6. The van der Waals surface area contributed by atoms with Gasteiger partial charge in [-0.2, -0.15) is 0 Å². The van der Waals surface area contributed by atoms with Gasteiger partial charge in [0.15, 0.2) is 23.1 Å². The number of rotatable bonds is 5. The van der Waals surface area contributed by atoms with E-state index in [1.807, 2.05) is 0 Å². The molecule has 32 heavy (non-hydrogen) atoms. The van der Waals surface area contributed by atoms with E-state index in [4.69, 9.17) is 9.47 Å². The number of amides is 1. The third-order valence-electron chi connectivity index (χ3n) is 4.82. The Hall–Kier alpha value is -3.66. The molecule has 4 rings (SSSR count). The molecule has 0 radical (unpaired) electrons. The molecular formula is C22H18F2N2O5S. The summed E-state index contributed by atoms with van der Waals surface area (Å²) < 4.78 is 66.0. The molecule has 10 heteroatoms. The fourth-order valence-electron chi connectivity index (χ4n) is 3.14. The second-order valence-corrected chi connectivity index (χ2v) is 8.60. The quantitative estimate of drug-likeness (QED) is 0.626. The van der Waals surface area contributed by atoms with Crippen molar-refractivity contribution in [2.45, 2.75) is 4.90 Å². The predicted molar refractivity (Wildman–Crippen MR) is 114 cm³/mol. The molecule has 0 spiro atoms. The van der Waals surface area contributed by atoms with Crippen molar-refractivity contribution >= 4 is 27.3 Å². The van der Waals surface area contributed by atoms with Gasteiger partial charge in [-0.05, 0) is 36.4 Å². The highest BCUT2D eigenvalue weighted by Gasteiger charge is 2.23. The van der Waals surface area contributed by atoms with Crippen LogP contribution in [0, 0.1) is 11.6 Å². The molecule has 166 valence electrons. The maximum absolute atomic E-state index is 13.6. The van der Waals surface area contributed by atoms with Crippen LogP contribution in [0.4, 0.5) is 20.2 Å². The van der Waals surface area contributed by atoms with E-state index >= 15 is 0 Å². The highest BCUT2D eigenvalue weighted by Crippen LogP contribution is 2.33. The zero-order valence-electron chi connectivity index (χ0n) is 16.8. The molecule has 0 aromatic heterocycles. The van der Waals surface area contributed by atoms with Crippen molar-refractivity contribution in [1.82, 2.24) is 0 Å². The number of sulfonamides is 1. The summed E-state index contributed by atoms with van der Waals surface area (Å²) in [6.45, 7) is 0.676. The Morgan fingerprint density at radius 2 is 1.66 bits per heavy atom. The van der Waals surface area contributed by atoms with E-state index in [0.29, 0.717) is 24.7 Å². The van der Waals surface area contributed by atoms with E-state index in [2.05, 4.69) is 4.72 Å². The molecule has 0 saturated heterocycles. The summed E-state index contributed by atoms with van der Waals surface area (Å²) in [6, 6.07) is 13.2. The van der Waals surface area contributed by atoms with E-state index < -0.39 is 27.6 Å². The van der Waals surface area contributed by atoms with Crippen molar-refractivity contribution in [2.24, 2.45) is 0 Å². The Kier molecular flexibility index (Phi) is 5.70. The fraction of sp³-hybridized carbons (Fsp3) is 0.136. The number of nitrogens with zero attached hydrogens (tertiary/aromatic N) is 1. The number of hydrogen-bond donors (Lipinski definition) is 1. The summed E-state index contributed by atoms with van der Waals surface area (Å²) in [5.41, 5.74) is 0.168. The van der Waals surface area contributed by atoms with Crippen molar-refractivity contribution in [2.75, 3.05) is 29.9 Å². The number of fused-ring (bicyclic) bond motifs is 1. The average molecular weight is 460 g/mol. The summed E-state index contributed by atoms with van der Waals surface area (Å²) in [7, 11) is -2.70. The Bertz CT molecular complexity index is 1300.